The highest BCUT2D eigenvalue weighted by atomic mass is 16.2. The zero-order valence-corrected chi connectivity index (χ0v) is 23.7. The molecule has 212 valence electrons. The van der Waals surface area contributed by atoms with Crippen LogP contribution in [0.5, 0.6) is 0 Å². The molecule has 39 heavy (non-hydrogen) atoms. The molecule has 3 amide bonds. The molecule has 0 radical (unpaired) electrons. The van der Waals surface area contributed by atoms with Crippen molar-refractivity contribution in [1.29, 1.82) is 0 Å². The summed E-state index contributed by atoms with van der Waals surface area (Å²) in [6.45, 7) is 5.09. The van der Waals surface area contributed by atoms with Crippen molar-refractivity contribution in [3.8, 4) is 0 Å². The lowest BCUT2D eigenvalue weighted by molar-refractivity contribution is -0.140. The molecule has 1 unspecified atom stereocenters. The first kappa shape index (κ1) is 31.7. The van der Waals surface area contributed by atoms with Gasteiger partial charge in [-0.25, -0.2) is 0 Å². The summed E-state index contributed by atoms with van der Waals surface area (Å²) in [7, 11) is 3.88. The van der Waals surface area contributed by atoms with Crippen LogP contribution in [0.25, 0.3) is 0 Å². The molecule has 0 aromatic heterocycles. The summed E-state index contributed by atoms with van der Waals surface area (Å²) in [5.74, 6) is -1.94. The number of ketones is 1. The third-order valence-corrected chi connectivity index (χ3v) is 6.33. The molecule has 3 N–H and O–H groups in total. The van der Waals surface area contributed by atoms with Crippen LogP contribution in [0.3, 0.4) is 0 Å². The Labute approximate surface area is 232 Å². The summed E-state index contributed by atoms with van der Waals surface area (Å²) in [4.78, 5) is 53.9. The van der Waals surface area contributed by atoms with Crippen LogP contribution >= 0.6 is 0 Å². The minimum absolute atomic E-state index is 0.133. The van der Waals surface area contributed by atoms with Crippen molar-refractivity contribution in [2.24, 2.45) is 5.92 Å². The van der Waals surface area contributed by atoms with E-state index >= 15 is 0 Å². The van der Waals surface area contributed by atoms with Crippen molar-refractivity contribution >= 4 is 23.5 Å². The van der Waals surface area contributed by atoms with Gasteiger partial charge in [0.15, 0.2) is 0 Å². The molecule has 0 aliphatic rings. The maximum atomic E-state index is 13.4. The number of nitrogens with one attached hydrogen (secondary N) is 3. The second kappa shape index (κ2) is 17.1. The van der Waals surface area contributed by atoms with Gasteiger partial charge in [-0.15, -0.1) is 0 Å². The highest BCUT2D eigenvalue weighted by Gasteiger charge is 2.30. The number of rotatable bonds is 17. The smallest absolute Gasteiger partial charge is 0.289 e. The zero-order valence-electron chi connectivity index (χ0n) is 23.7. The molecule has 0 aliphatic heterocycles. The molecule has 0 saturated carbocycles. The molecular formula is C31H44N4O4. The Balaban J connectivity index is 2.06. The van der Waals surface area contributed by atoms with Crippen molar-refractivity contribution in [3.05, 3.63) is 71.8 Å². The van der Waals surface area contributed by atoms with Crippen LogP contribution in [0.2, 0.25) is 0 Å². The van der Waals surface area contributed by atoms with Crippen LogP contribution in [-0.2, 0) is 32.0 Å². The standard InChI is InChI=1S/C31H44N4O4/c1-23(2)22-27(33-28(36)19-17-25-14-9-6-10-15-25)30(38)34-26(18-16-24-12-7-5-8-13-24)29(37)31(39)32-20-11-21-35(3)4/h5-10,12-15,23,26-27H,11,16-22H2,1-4H3,(H,32,39)(H,33,36)(H,34,38)/t26?,27-/m0/s1. The van der Waals surface area contributed by atoms with E-state index < -0.39 is 29.7 Å². The van der Waals surface area contributed by atoms with Crippen molar-refractivity contribution in [2.75, 3.05) is 27.2 Å². The van der Waals surface area contributed by atoms with Crippen molar-refractivity contribution in [3.63, 3.8) is 0 Å². The summed E-state index contributed by atoms with van der Waals surface area (Å²) in [6, 6.07) is 17.5. The van der Waals surface area contributed by atoms with Crippen molar-refractivity contribution in [1.82, 2.24) is 20.9 Å². The molecule has 2 atom stereocenters. The third kappa shape index (κ3) is 12.7. The zero-order chi connectivity index (χ0) is 28.6. The summed E-state index contributed by atoms with van der Waals surface area (Å²) < 4.78 is 0. The highest BCUT2D eigenvalue weighted by Crippen LogP contribution is 2.10. The van der Waals surface area contributed by atoms with Gasteiger partial charge in [0.05, 0.1) is 6.04 Å². The second-order valence-corrected chi connectivity index (χ2v) is 10.6. The first-order chi connectivity index (χ1) is 18.7. The molecule has 2 aromatic carbocycles. The van der Waals surface area contributed by atoms with Gasteiger partial charge < -0.3 is 20.9 Å². The Hall–Kier alpha value is -3.52. The molecule has 0 heterocycles. The first-order valence-electron chi connectivity index (χ1n) is 13.8. The minimum Gasteiger partial charge on any atom is -0.349 e. The van der Waals surface area contributed by atoms with Crippen molar-refractivity contribution in [2.45, 2.75) is 64.5 Å². The molecule has 8 nitrogen and oxygen atoms in total. The Kier molecular flexibility index (Phi) is 13.9. The summed E-state index contributed by atoms with van der Waals surface area (Å²) in [5.41, 5.74) is 2.05. The molecule has 0 bridgehead atoms. The number of benzene rings is 2. The van der Waals surface area contributed by atoms with Gasteiger partial charge >= 0.3 is 0 Å². The van der Waals surface area contributed by atoms with Gasteiger partial charge in [-0.2, -0.15) is 0 Å². The van der Waals surface area contributed by atoms with E-state index in [0.29, 0.717) is 32.2 Å². The van der Waals surface area contributed by atoms with E-state index in [1.54, 1.807) is 0 Å². The van der Waals surface area contributed by atoms with E-state index in [2.05, 4.69) is 16.0 Å². The second-order valence-electron chi connectivity index (χ2n) is 10.6. The number of hydrogen-bond donors (Lipinski definition) is 3. The van der Waals surface area contributed by atoms with Gasteiger partial charge in [0.1, 0.15) is 6.04 Å². The predicted molar refractivity (Wildman–Crippen MR) is 154 cm³/mol. The van der Waals surface area contributed by atoms with Crippen LogP contribution in [0.4, 0.5) is 0 Å². The maximum Gasteiger partial charge on any atom is 0.289 e. The third-order valence-electron chi connectivity index (χ3n) is 6.33. The van der Waals surface area contributed by atoms with Gasteiger partial charge in [-0.1, -0.05) is 74.5 Å². The Morgan fingerprint density at radius 3 is 1.95 bits per heavy atom. The fraction of sp³-hybridized carbons (Fsp3) is 0.484. The molecule has 0 aliphatic carbocycles. The average Bonchev–Trinajstić information content (AvgIpc) is 2.92. The van der Waals surface area contributed by atoms with Gasteiger partial charge in [0, 0.05) is 13.0 Å². The monoisotopic (exact) mass is 536 g/mol. The first-order valence-corrected chi connectivity index (χ1v) is 13.8. The Morgan fingerprint density at radius 1 is 0.795 bits per heavy atom. The SMILES string of the molecule is CC(C)C[C@H](NC(=O)CCc1ccccc1)C(=O)NC(CCc1ccccc1)C(=O)C(=O)NCCCN(C)C. The van der Waals surface area contributed by atoms with Crippen LogP contribution < -0.4 is 16.0 Å². The summed E-state index contributed by atoms with van der Waals surface area (Å²) >= 11 is 0. The molecule has 2 rings (SSSR count). The lowest BCUT2D eigenvalue weighted by atomic mass is 9.99. The van der Waals surface area contributed by atoms with Gasteiger partial charge in [0.25, 0.3) is 5.91 Å². The molecule has 8 heteroatoms. The molecule has 0 fully saturated rings. The van der Waals surface area contributed by atoms with Crippen LogP contribution in [0.15, 0.2) is 60.7 Å². The van der Waals surface area contributed by atoms with Gasteiger partial charge in [0.2, 0.25) is 17.6 Å². The molecule has 0 saturated heterocycles. The fourth-order valence-electron chi connectivity index (χ4n) is 4.21. The number of nitrogens with zero attached hydrogens (tertiary/aromatic N) is 1. The van der Waals surface area contributed by atoms with Crippen molar-refractivity contribution < 1.29 is 19.2 Å². The predicted octanol–water partition coefficient (Wildman–Crippen LogP) is 2.90. The quantitative estimate of drug-likeness (QED) is 0.213. The summed E-state index contributed by atoms with van der Waals surface area (Å²) in [5, 5.41) is 8.32. The average molecular weight is 537 g/mol. The number of Topliss-reactive ketones (excluding diaryl/α,β-unsaturated/α-hetero) is 1. The largest absolute Gasteiger partial charge is 0.349 e. The van der Waals surface area contributed by atoms with Crippen LogP contribution in [0, 0.1) is 5.92 Å². The lowest BCUT2D eigenvalue weighted by Gasteiger charge is -2.24. The molecule has 2 aromatic rings. The van der Waals surface area contributed by atoms with E-state index in [-0.39, 0.29) is 24.7 Å². The van der Waals surface area contributed by atoms with E-state index in [1.807, 2.05) is 93.5 Å². The van der Waals surface area contributed by atoms with E-state index in [1.165, 1.54) is 0 Å². The Bertz CT molecular complexity index is 1040. The number of aryl methyl sites for hydroxylation is 2. The lowest BCUT2D eigenvalue weighted by Crippen LogP contribution is -2.54. The number of amides is 3. The maximum absolute atomic E-state index is 13.4. The minimum atomic E-state index is -0.998. The van der Waals surface area contributed by atoms with E-state index in [4.69, 9.17) is 0 Å². The number of carbonyl (C=O) groups is 4. The van der Waals surface area contributed by atoms with Crippen LogP contribution in [-0.4, -0.2) is 67.7 Å². The van der Waals surface area contributed by atoms with E-state index in [0.717, 1.165) is 17.7 Å². The van der Waals surface area contributed by atoms with Gasteiger partial charge in [-0.05, 0) is 69.8 Å². The topological polar surface area (TPSA) is 108 Å². The fourth-order valence-corrected chi connectivity index (χ4v) is 4.21. The number of hydrogen-bond acceptors (Lipinski definition) is 5. The van der Waals surface area contributed by atoms with Crippen LogP contribution in [0.1, 0.15) is 50.7 Å². The highest BCUT2D eigenvalue weighted by molar-refractivity contribution is 6.38. The number of carbonyl (C=O) groups excluding carboxylic acids is 4. The molecule has 0 spiro atoms. The summed E-state index contributed by atoms with van der Waals surface area (Å²) in [6.07, 6.45) is 2.73. The van der Waals surface area contributed by atoms with Gasteiger partial charge in [-0.3, -0.25) is 19.2 Å². The molecular weight excluding hydrogens is 492 g/mol. The Morgan fingerprint density at radius 2 is 1.38 bits per heavy atom. The normalized spacial score (nSPS) is 12.6. The van der Waals surface area contributed by atoms with E-state index in [9.17, 15) is 19.2 Å².